The van der Waals surface area contributed by atoms with Crippen LogP contribution in [0.15, 0.2) is 42.0 Å². The van der Waals surface area contributed by atoms with Crippen molar-refractivity contribution in [3.63, 3.8) is 0 Å². The molecule has 2 aromatic rings. The Hall–Kier alpha value is -1.92. The SMILES string of the molecule is CC(NC(=O)N1CCN(Cc2cccs2)CC1)c1ccncc1. The lowest BCUT2D eigenvalue weighted by atomic mass is 10.1. The molecule has 1 aliphatic rings. The average molecular weight is 330 g/mol. The van der Waals surface area contributed by atoms with Crippen LogP contribution < -0.4 is 5.32 Å². The molecule has 122 valence electrons. The predicted molar refractivity (Wildman–Crippen MR) is 92.4 cm³/mol. The van der Waals surface area contributed by atoms with Crippen LogP contribution >= 0.6 is 11.3 Å². The zero-order valence-electron chi connectivity index (χ0n) is 13.3. The molecular formula is C17H22N4OS. The van der Waals surface area contributed by atoms with Crippen molar-refractivity contribution in [2.75, 3.05) is 26.2 Å². The first-order valence-corrected chi connectivity index (χ1v) is 8.80. The maximum absolute atomic E-state index is 12.4. The molecule has 2 amide bonds. The van der Waals surface area contributed by atoms with E-state index in [0.717, 1.165) is 38.3 Å². The topological polar surface area (TPSA) is 48.5 Å². The Kier molecular flexibility index (Phi) is 5.25. The molecule has 1 atom stereocenters. The maximum Gasteiger partial charge on any atom is 0.317 e. The van der Waals surface area contributed by atoms with Crippen LogP contribution in [0.1, 0.15) is 23.4 Å². The average Bonchev–Trinajstić information content (AvgIpc) is 3.09. The second-order valence-electron chi connectivity index (χ2n) is 5.79. The van der Waals surface area contributed by atoms with Gasteiger partial charge in [-0.05, 0) is 36.1 Å². The van der Waals surface area contributed by atoms with E-state index < -0.39 is 0 Å². The summed E-state index contributed by atoms with van der Waals surface area (Å²) < 4.78 is 0. The van der Waals surface area contributed by atoms with E-state index in [4.69, 9.17) is 0 Å². The molecular weight excluding hydrogens is 308 g/mol. The number of urea groups is 1. The molecule has 0 radical (unpaired) electrons. The van der Waals surface area contributed by atoms with E-state index in [1.807, 2.05) is 24.0 Å². The standard InChI is InChI=1S/C17H22N4OS/c1-14(15-4-6-18-7-5-15)19-17(22)21-10-8-20(9-11-21)13-16-3-2-12-23-16/h2-7,12,14H,8-11,13H2,1H3,(H,19,22). The third-order valence-electron chi connectivity index (χ3n) is 4.17. The Labute approximate surface area is 140 Å². The van der Waals surface area contributed by atoms with Gasteiger partial charge in [0.05, 0.1) is 6.04 Å². The number of hydrogen-bond donors (Lipinski definition) is 1. The van der Waals surface area contributed by atoms with Gasteiger partial charge < -0.3 is 10.2 Å². The van der Waals surface area contributed by atoms with Gasteiger partial charge in [0.2, 0.25) is 0 Å². The lowest BCUT2D eigenvalue weighted by Crippen LogP contribution is -2.51. The van der Waals surface area contributed by atoms with E-state index in [9.17, 15) is 4.79 Å². The summed E-state index contributed by atoms with van der Waals surface area (Å²) in [6.07, 6.45) is 3.50. The minimum absolute atomic E-state index is 0.00496. The zero-order chi connectivity index (χ0) is 16.1. The fourth-order valence-electron chi connectivity index (χ4n) is 2.74. The van der Waals surface area contributed by atoms with E-state index in [1.54, 1.807) is 23.7 Å². The number of hydrogen-bond acceptors (Lipinski definition) is 4. The van der Waals surface area contributed by atoms with E-state index in [1.165, 1.54) is 4.88 Å². The molecule has 3 rings (SSSR count). The summed E-state index contributed by atoms with van der Waals surface area (Å²) in [5.74, 6) is 0. The molecule has 3 heterocycles. The van der Waals surface area contributed by atoms with Crippen molar-refractivity contribution in [3.05, 3.63) is 52.5 Å². The number of nitrogens with zero attached hydrogens (tertiary/aromatic N) is 3. The van der Waals surface area contributed by atoms with Gasteiger partial charge in [-0.1, -0.05) is 6.07 Å². The van der Waals surface area contributed by atoms with Gasteiger partial charge in [-0.3, -0.25) is 9.88 Å². The number of pyridine rings is 1. The highest BCUT2D eigenvalue weighted by atomic mass is 32.1. The smallest absolute Gasteiger partial charge is 0.317 e. The van der Waals surface area contributed by atoms with Crippen LogP contribution in [0.25, 0.3) is 0 Å². The molecule has 0 aromatic carbocycles. The van der Waals surface area contributed by atoms with Crippen LogP contribution in [0.3, 0.4) is 0 Å². The molecule has 2 aromatic heterocycles. The molecule has 6 heteroatoms. The monoisotopic (exact) mass is 330 g/mol. The zero-order valence-corrected chi connectivity index (χ0v) is 14.1. The first-order valence-electron chi connectivity index (χ1n) is 7.92. The van der Waals surface area contributed by atoms with Crippen LogP contribution in [-0.4, -0.2) is 47.0 Å². The molecule has 0 spiro atoms. The number of carbonyl (C=O) groups is 1. The number of nitrogens with one attached hydrogen (secondary N) is 1. The van der Waals surface area contributed by atoms with E-state index in [-0.39, 0.29) is 12.1 Å². The quantitative estimate of drug-likeness (QED) is 0.938. The fourth-order valence-corrected chi connectivity index (χ4v) is 3.49. The molecule has 1 aliphatic heterocycles. The number of thiophene rings is 1. The first kappa shape index (κ1) is 16.0. The summed E-state index contributed by atoms with van der Waals surface area (Å²) >= 11 is 1.79. The Bertz CT molecular complexity index is 609. The molecule has 0 saturated carbocycles. The van der Waals surface area contributed by atoms with E-state index in [0.29, 0.717) is 0 Å². The van der Waals surface area contributed by atoms with Crippen molar-refractivity contribution in [2.24, 2.45) is 0 Å². The van der Waals surface area contributed by atoms with Crippen molar-refractivity contribution < 1.29 is 4.79 Å². The van der Waals surface area contributed by atoms with Crippen molar-refractivity contribution in [1.29, 1.82) is 0 Å². The molecule has 1 N–H and O–H groups in total. The Morgan fingerprint density at radius 3 is 2.65 bits per heavy atom. The summed E-state index contributed by atoms with van der Waals surface area (Å²) in [5.41, 5.74) is 1.07. The third kappa shape index (κ3) is 4.30. The Morgan fingerprint density at radius 1 is 1.26 bits per heavy atom. The lowest BCUT2D eigenvalue weighted by Gasteiger charge is -2.35. The lowest BCUT2D eigenvalue weighted by molar-refractivity contribution is 0.134. The molecule has 1 fully saturated rings. The molecule has 23 heavy (non-hydrogen) atoms. The van der Waals surface area contributed by atoms with E-state index in [2.05, 4.69) is 32.7 Å². The highest BCUT2D eigenvalue weighted by Gasteiger charge is 2.22. The Morgan fingerprint density at radius 2 is 2.00 bits per heavy atom. The largest absolute Gasteiger partial charge is 0.331 e. The van der Waals surface area contributed by atoms with Gasteiger partial charge in [-0.15, -0.1) is 11.3 Å². The van der Waals surface area contributed by atoms with Gasteiger partial charge in [0.15, 0.2) is 0 Å². The van der Waals surface area contributed by atoms with Crippen LogP contribution in [0.4, 0.5) is 4.79 Å². The number of carbonyl (C=O) groups excluding carboxylic acids is 1. The van der Waals surface area contributed by atoms with Gasteiger partial charge in [0.25, 0.3) is 0 Å². The highest BCUT2D eigenvalue weighted by Crippen LogP contribution is 2.15. The predicted octanol–water partition coefficient (Wildman–Crippen LogP) is 2.73. The fraction of sp³-hybridized carbons (Fsp3) is 0.412. The maximum atomic E-state index is 12.4. The van der Waals surface area contributed by atoms with Crippen LogP contribution in [0.2, 0.25) is 0 Å². The molecule has 5 nitrogen and oxygen atoms in total. The molecule has 0 bridgehead atoms. The van der Waals surface area contributed by atoms with Crippen molar-refractivity contribution in [2.45, 2.75) is 19.5 Å². The van der Waals surface area contributed by atoms with Gasteiger partial charge in [-0.2, -0.15) is 0 Å². The van der Waals surface area contributed by atoms with Gasteiger partial charge >= 0.3 is 6.03 Å². The molecule has 1 saturated heterocycles. The molecule has 0 aliphatic carbocycles. The third-order valence-corrected chi connectivity index (χ3v) is 5.03. The summed E-state index contributed by atoms with van der Waals surface area (Å²) in [7, 11) is 0. The normalized spacial score (nSPS) is 17.0. The van der Waals surface area contributed by atoms with Crippen molar-refractivity contribution in [3.8, 4) is 0 Å². The number of aromatic nitrogens is 1. The first-order chi connectivity index (χ1) is 11.2. The van der Waals surface area contributed by atoms with Gasteiger partial charge in [-0.25, -0.2) is 4.79 Å². The van der Waals surface area contributed by atoms with Crippen LogP contribution in [0.5, 0.6) is 0 Å². The summed E-state index contributed by atoms with van der Waals surface area (Å²) in [5, 5.41) is 5.18. The minimum atomic E-state index is -0.00496. The molecule has 1 unspecified atom stereocenters. The van der Waals surface area contributed by atoms with Crippen molar-refractivity contribution >= 4 is 17.4 Å². The van der Waals surface area contributed by atoms with Crippen LogP contribution in [0, 0.1) is 0 Å². The summed E-state index contributed by atoms with van der Waals surface area (Å²) in [4.78, 5) is 22.1. The minimum Gasteiger partial charge on any atom is -0.331 e. The summed E-state index contributed by atoms with van der Waals surface area (Å²) in [6, 6.07) is 8.14. The van der Waals surface area contributed by atoms with E-state index >= 15 is 0 Å². The number of rotatable bonds is 4. The van der Waals surface area contributed by atoms with Gasteiger partial charge in [0, 0.05) is 50.0 Å². The van der Waals surface area contributed by atoms with Crippen molar-refractivity contribution in [1.82, 2.24) is 20.1 Å². The van der Waals surface area contributed by atoms with Gasteiger partial charge in [0.1, 0.15) is 0 Å². The number of piperazine rings is 1. The summed E-state index contributed by atoms with van der Waals surface area (Å²) in [6.45, 7) is 6.39. The second kappa shape index (κ2) is 7.57. The Balaban J connectivity index is 1.46. The highest BCUT2D eigenvalue weighted by molar-refractivity contribution is 7.09. The second-order valence-corrected chi connectivity index (χ2v) is 6.83. The van der Waals surface area contributed by atoms with Crippen LogP contribution in [-0.2, 0) is 6.54 Å². The number of amides is 2.